The van der Waals surface area contributed by atoms with E-state index in [0.717, 1.165) is 6.07 Å². The molecule has 7 nitrogen and oxygen atoms in total. The van der Waals surface area contributed by atoms with E-state index in [1.54, 1.807) is 39.0 Å². The van der Waals surface area contributed by atoms with Crippen molar-refractivity contribution in [3.63, 3.8) is 0 Å². The summed E-state index contributed by atoms with van der Waals surface area (Å²) in [5, 5.41) is 5.13. The molecule has 0 saturated heterocycles. The fraction of sp³-hybridized carbons (Fsp3) is 0.333. The van der Waals surface area contributed by atoms with Crippen LogP contribution in [0.1, 0.15) is 26.3 Å². The first-order valence-corrected chi connectivity index (χ1v) is 8.91. The van der Waals surface area contributed by atoms with Crippen molar-refractivity contribution in [1.82, 2.24) is 0 Å². The van der Waals surface area contributed by atoms with E-state index in [2.05, 4.69) is 10.6 Å². The zero-order chi connectivity index (χ0) is 21.6. The number of halogens is 1. The van der Waals surface area contributed by atoms with E-state index in [0.29, 0.717) is 17.1 Å². The number of ether oxygens (including phenoxy) is 3. The zero-order valence-electron chi connectivity index (χ0n) is 17.1. The van der Waals surface area contributed by atoms with Gasteiger partial charge in [0.25, 0.3) is 0 Å². The van der Waals surface area contributed by atoms with E-state index in [-0.39, 0.29) is 17.8 Å². The van der Waals surface area contributed by atoms with E-state index in [1.165, 1.54) is 26.4 Å². The Morgan fingerprint density at radius 3 is 2.24 bits per heavy atom. The third kappa shape index (κ3) is 6.67. The summed E-state index contributed by atoms with van der Waals surface area (Å²) in [7, 11) is 3.02. The van der Waals surface area contributed by atoms with Gasteiger partial charge in [0.05, 0.1) is 32.0 Å². The van der Waals surface area contributed by atoms with Crippen LogP contribution in [-0.2, 0) is 16.0 Å². The Labute approximate surface area is 169 Å². The Hall–Kier alpha value is -3.29. The highest BCUT2D eigenvalue weighted by Gasteiger charge is 2.18. The van der Waals surface area contributed by atoms with Crippen molar-refractivity contribution >= 4 is 23.4 Å². The SMILES string of the molecule is COc1ccc(CC(=O)Nc2cc(F)ccc2NC(=O)OC(C)(C)C)cc1OC. The topological polar surface area (TPSA) is 85.9 Å². The number of nitrogens with one attached hydrogen (secondary N) is 2. The van der Waals surface area contributed by atoms with E-state index in [9.17, 15) is 14.0 Å². The Morgan fingerprint density at radius 2 is 1.62 bits per heavy atom. The number of anilines is 2. The van der Waals surface area contributed by atoms with Gasteiger partial charge in [-0.05, 0) is 56.7 Å². The third-order valence-electron chi connectivity index (χ3n) is 3.70. The Bertz CT molecular complexity index is 893. The fourth-order valence-electron chi connectivity index (χ4n) is 2.51. The smallest absolute Gasteiger partial charge is 0.412 e. The summed E-state index contributed by atoms with van der Waals surface area (Å²) >= 11 is 0. The molecule has 0 radical (unpaired) electrons. The molecule has 8 heteroatoms. The second-order valence-electron chi connectivity index (χ2n) is 7.23. The molecule has 2 N–H and O–H groups in total. The molecule has 2 amide bonds. The number of carbonyl (C=O) groups excluding carboxylic acids is 2. The molecule has 2 aromatic carbocycles. The maximum absolute atomic E-state index is 13.7. The van der Waals surface area contributed by atoms with Crippen LogP contribution in [0.15, 0.2) is 36.4 Å². The molecular weight excluding hydrogens is 379 g/mol. The van der Waals surface area contributed by atoms with Gasteiger partial charge in [-0.3, -0.25) is 10.1 Å². The van der Waals surface area contributed by atoms with Gasteiger partial charge in [0.1, 0.15) is 11.4 Å². The predicted octanol–water partition coefficient (Wildman–Crippen LogP) is 4.37. The van der Waals surface area contributed by atoms with Crippen LogP contribution in [0.5, 0.6) is 11.5 Å². The molecule has 2 rings (SSSR count). The summed E-state index contributed by atoms with van der Waals surface area (Å²) in [6.07, 6.45) is -0.692. The second kappa shape index (κ2) is 9.27. The largest absolute Gasteiger partial charge is 0.493 e. The number of benzene rings is 2. The van der Waals surface area contributed by atoms with Crippen LogP contribution < -0.4 is 20.1 Å². The normalized spacial score (nSPS) is 10.8. The summed E-state index contributed by atoms with van der Waals surface area (Å²) < 4.78 is 29.3. The maximum atomic E-state index is 13.7. The van der Waals surface area contributed by atoms with Gasteiger partial charge in [-0.25, -0.2) is 9.18 Å². The third-order valence-corrected chi connectivity index (χ3v) is 3.70. The van der Waals surface area contributed by atoms with Crippen molar-refractivity contribution in [2.75, 3.05) is 24.9 Å². The zero-order valence-corrected chi connectivity index (χ0v) is 17.1. The first-order valence-electron chi connectivity index (χ1n) is 8.91. The van der Waals surface area contributed by atoms with Crippen LogP contribution in [0.3, 0.4) is 0 Å². The lowest BCUT2D eigenvalue weighted by molar-refractivity contribution is -0.115. The number of hydrogen-bond acceptors (Lipinski definition) is 5. The van der Waals surface area contributed by atoms with Crippen LogP contribution in [0, 0.1) is 5.82 Å². The second-order valence-corrected chi connectivity index (χ2v) is 7.23. The first-order chi connectivity index (χ1) is 13.6. The molecule has 0 bridgehead atoms. The van der Waals surface area contributed by atoms with Gasteiger partial charge in [-0.15, -0.1) is 0 Å². The monoisotopic (exact) mass is 404 g/mol. The first kappa shape index (κ1) is 22.0. The lowest BCUT2D eigenvalue weighted by Crippen LogP contribution is -2.27. The van der Waals surface area contributed by atoms with Gasteiger partial charge >= 0.3 is 6.09 Å². The molecule has 0 atom stereocenters. The van der Waals surface area contributed by atoms with Gasteiger partial charge in [0.15, 0.2) is 11.5 Å². The molecule has 0 aliphatic rings. The molecule has 0 aromatic heterocycles. The van der Waals surface area contributed by atoms with Crippen LogP contribution in [-0.4, -0.2) is 31.8 Å². The number of amides is 2. The standard InChI is InChI=1S/C21H25FN2O5/c1-21(2,3)29-20(26)24-15-8-7-14(22)12-16(15)23-19(25)11-13-6-9-17(27-4)18(10-13)28-5/h6-10,12H,11H2,1-5H3,(H,23,25)(H,24,26). The predicted molar refractivity (Wildman–Crippen MR) is 108 cm³/mol. The molecule has 0 aliphatic carbocycles. The molecule has 0 heterocycles. The molecule has 0 unspecified atom stereocenters. The van der Waals surface area contributed by atoms with Crippen LogP contribution in [0.25, 0.3) is 0 Å². The molecular formula is C21H25FN2O5. The highest BCUT2D eigenvalue weighted by atomic mass is 19.1. The van der Waals surface area contributed by atoms with Crippen LogP contribution >= 0.6 is 0 Å². The highest BCUT2D eigenvalue weighted by Crippen LogP contribution is 2.28. The summed E-state index contributed by atoms with van der Waals surface area (Å²) in [4.78, 5) is 24.5. The minimum Gasteiger partial charge on any atom is -0.493 e. The van der Waals surface area contributed by atoms with E-state index in [1.807, 2.05) is 0 Å². The van der Waals surface area contributed by atoms with E-state index >= 15 is 0 Å². The van der Waals surface area contributed by atoms with E-state index in [4.69, 9.17) is 14.2 Å². The Kier molecular flexibility index (Phi) is 7.03. The van der Waals surface area contributed by atoms with E-state index < -0.39 is 23.4 Å². The maximum Gasteiger partial charge on any atom is 0.412 e. The van der Waals surface area contributed by atoms with Crippen molar-refractivity contribution in [2.45, 2.75) is 32.8 Å². The fourth-order valence-corrected chi connectivity index (χ4v) is 2.51. The quantitative estimate of drug-likeness (QED) is 0.747. The average molecular weight is 404 g/mol. The molecule has 29 heavy (non-hydrogen) atoms. The Balaban J connectivity index is 2.13. The Morgan fingerprint density at radius 1 is 0.931 bits per heavy atom. The summed E-state index contributed by atoms with van der Waals surface area (Å²) in [6, 6.07) is 8.76. The minimum absolute atomic E-state index is 0.0166. The number of rotatable bonds is 6. The van der Waals surface area contributed by atoms with Gasteiger partial charge in [0.2, 0.25) is 5.91 Å². The van der Waals surface area contributed by atoms with Crippen LogP contribution in [0.4, 0.5) is 20.6 Å². The van der Waals surface area contributed by atoms with Crippen LogP contribution in [0.2, 0.25) is 0 Å². The summed E-state index contributed by atoms with van der Waals surface area (Å²) in [5.74, 6) is 0.0951. The molecule has 0 fully saturated rings. The molecule has 0 saturated carbocycles. The van der Waals surface area contributed by atoms with Crippen molar-refractivity contribution in [3.05, 3.63) is 47.8 Å². The molecule has 2 aromatic rings. The molecule has 0 aliphatic heterocycles. The minimum atomic E-state index is -0.709. The lowest BCUT2D eigenvalue weighted by atomic mass is 10.1. The molecule has 156 valence electrons. The van der Waals surface area contributed by atoms with Crippen molar-refractivity contribution in [1.29, 1.82) is 0 Å². The summed E-state index contributed by atoms with van der Waals surface area (Å²) in [5.41, 5.74) is 0.335. The number of carbonyl (C=O) groups is 2. The lowest BCUT2D eigenvalue weighted by Gasteiger charge is -2.20. The van der Waals surface area contributed by atoms with Gasteiger partial charge in [-0.1, -0.05) is 6.07 Å². The van der Waals surface area contributed by atoms with Gasteiger partial charge in [0, 0.05) is 0 Å². The summed E-state index contributed by atoms with van der Waals surface area (Å²) in [6.45, 7) is 5.18. The highest BCUT2D eigenvalue weighted by molar-refractivity contribution is 5.98. The number of methoxy groups -OCH3 is 2. The van der Waals surface area contributed by atoms with Crippen molar-refractivity contribution in [3.8, 4) is 11.5 Å². The van der Waals surface area contributed by atoms with Crippen molar-refractivity contribution < 1.29 is 28.2 Å². The van der Waals surface area contributed by atoms with Crippen molar-refractivity contribution in [2.24, 2.45) is 0 Å². The van der Waals surface area contributed by atoms with Gasteiger partial charge < -0.3 is 19.5 Å². The average Bonchev–Trinajstić information content (AvgIpc) is 2.62. The number of hydrogen-bond donors (Lipinski definition) is 2. The molecule has 0 spiro atoms. The van der Waals surface area contributed by atoms with Gasteiger partial charge in [-0.2, -0.15) is 0 Å².